The quantitative estimate of drug-likeness (QED) is 0.716. The Labute approximate surface area is 136 Å². The molecular formula is C17H26N2O4. The maximum absolute atomic E-state index is 12.9. The van der Waals surface area contributed by atoms with E-state index in [4.69, 9.17) is 10.5 Å². The zero-order valence-electron chi connectivity index (χ0n) is 13.7. The number of hydrogen-bond donors (Lipinski definition) is 2. The van der Waals surface area contributed by atoms with E-state index in [0.717, 1.165) is 19.3 Å². The van der Waals surface area contributed by atoms with Crippen LogP contribution in [0.1, 0.15) is 51.9 Å². The van der Waals surface area contributed by atoms with Crippen molar-refractivity contribution < 1.29 is 19.1 Å². The molecule has 0 saturated heterocycles. The molecule has 4 aliphatic carbocycles. The van der Waals surface area contributed by atoms with Gasteiger partial charge in [-0.15, -0.1) is 0 Å². The van der Waals surface area contributed by atoms with E-state index < -0.39 is 17.9 Å². The van der Waals surface area contributed by atoms with E-state index in [1.54, 1.807) is 6.92 Å². The summed E-state index contributed by atoms with van der Waals surface area (Å²) < 4.78 is 4.86. The lowest BCUT2D eigenvalue weighted by Gasteiger charge is -2.55. The molecule has 4 fully saturated rings. The number of carbonyl (C=O) groups excluding carboxylic acids is 3. The van der Waals surface area contributed by atoms with E-state index in [2.05, 4.69) is 5.32 Å². The van der Waals surface area contributed by atoms with Crippen LogP contribution < -0.4 is 11.1 Å². The highest BCUT2D eigenvalue weighted by Crippen LogP contribution is 2.60. The van der Waals surface area contributed by atoms with Crippen LogP contribution in [0.15, 0.2) is 0 Å². The van der Waals surface area contributed by atoms with Gasteiger partial charge in [0.05, 0.1) is 13.0 Å². The summed E-state index contributed by atoms with van der Waals surface area (Å²) in [6.07, 6.45) is 6.28. The van der Waals surface area contributed by atoms with E-state index in [0.29, 0.717) is 17.8 Å². The van der Waals surface area contributed by atoms with E-state index >= 15 is 0 Å². The fourth-order valence-corrected chi connectivity index (χ4v) is 5.31. The van der Waals surface area contributed by atoms with Crippen LogP contribution in [-0.4, -0.2) is 30.4 Å². The number of hydrogen-bond acceptors (Lipinski definition) is 4. The Morgan fingerprint density at radius 2 is 1.65 bits per heavy atom. The maximum atomic E-state index is 12.9. The third-order valence-corrected chi connectivity index (χ3v) is 5.84. The highest BCUT2D eigenvalue weighted by molar-refractivity contribution is 5.92. The van der Waals surface area contributed by atoms with E-state index in [-0.39, 0.29) is 24.3 Å². The smallest absolute Gasteiger partial charge is 0.308 e. The monoisotopic (exact) mass is 322 g/mol. The Bertz CT molecular complexity index is 481. The van der Waals surface area contributed by atoms with Crippen molar-refractivity contribution in [2.45, 2.75) is 57.9 Å². The molecule has 0 spiro atoms. The summed E-state index contributed by atoms with van der Waals surface area (Å²) in [7, 11) is 0. The highest BCUT2D eigenvalue weighted by atomic mass is 16.5. The van der Waals surface area contributed by atoms with Crippen molar-refractivity contribution >= 4 is 17.8 Å². The average molecular weight is 322 g/mol. The van der Waals surface area contributed by atoms with E-state index in [1.807, 2.05) is 0 Å². The number of primary amides is 1. The molecule has 128 valence electrons. The summed E-state index contributed by atoms with van der Waals surface area (Å²) in [6.45, 7) is 1.94. The molecule has 4 aliphatic rings. The van der Waals surface area contributed by atoms with Gasteiger partial charge in [0.1, 0.15) is 6.04 Å². The van der Waals surface area contributed by atoms with Crippen molar-refractivity contribution in [1.29, 1.82) is 0 Å². The Morgan fingerprint density at radius 3 is 2.09 bits per heavy atom. The van der Waals surface area contributed by atoms with Crippen molar-refractivity contribution in [2.24, 2.45) is 28.9 Å². The summed E-state index contributed by atoms with van der Waals surface area (Å²) in [5, 5.41) is 2.75. The van der Waals surface area contributed by atoms with Gasteiger partial charge in [-0.05, 0) is 63.2 Å². The number of ether oxygens (including phenoxy) is 1. The first kappa shape index (κ1) is 16.3. The lowest BCUT2D eigenvalue weighted by Crippen LogP contribution is -2.57. The van der Waals surface area contributed by atoms with Gasteiger partial charge in [0.15, 0.2) is 0 Å². The number of carbonyl (C=O) groups is 3. The minimum absolute atomic E-state index is 0.0929. The maximum Gasteiger partial charge on any atom is 0.308 e. The first-order valence-electron chi connectivity index (χ1n) is 8.68. The zero-order chi connectivity index (χ0) is 16.6. The Morgan fingerprint density at radius 1 is 1.13 bits per heavy atom. The molecule has 0 heterocycles. The van der Waals surface area contributed by atoms with Crippen molar-refractivity contribution in [3.63, 3.8) is 0 Å². The van der Waals surface area contributed by atoms with Crippen LogP contribution >= 0.6 is 0 Å². The summed E-state index contributed by atoms with van der Waals surface area (Å²) in [5.74, 6) is 0.639. The van der Waals surface area contributed by atoms with Gasteiger partial charge in [-0.2, -0.15) is 0 Å². The molecule has 1 atom stereocenters. The molecular weight excluding hydrogens is 296 g/mol. The van der Waals surface area contributed by atoms with Crippen molar-refractivity contribution in [2.75, 3.05) is 6.61 Å². The van der Waals surface area contributed by atoms with E-state index in [1.165, 1.54) is 19.3 Å². The molecule has 0 aromatic carbocycles. The van der Waals surface area contributed by atoms with Crippen molar-refractivity contribution in [3.8, 4) is 0 Å². The van der Waals surface area contributed by atoms with Crippen molar-refractivity contribution in [3.05, 3.63) is 0 Å². The fourth-order valence-electron chi connectivity index (χ4n) is 5.31. The minimum Gasteiger partial charge on any atom is -0.466 e. The molecule has 6 nitrogen and oxygen atoms in total. The lowest BCUT2D eigenvalue weighted by atomic mass is 9.49. The predicted molar refractivity (Wildman–Crippen MR) is 83.0 cm³/mol. The Kier molecular flexibility index (Phi) is 4.34. The topological polar surface area (TPSA) is 98.5 Å². The molecule has 4 rings (SSSR count). The van der Waals surface area contributed by atoms with Gasteiger partial charge in [0.25, 0.3) is 0 Å². The molecule has 0 aromatic heterocycles. The minimum atomic E-state index is -0.977. The summed E-state index contributed by atoms with van der Waals surface area (Å²) >= 11 is 0. The average Bonchev–Trinajstić information content (AvgIpc) is 2.45. The molecule has 4 saturated carbocycles. The highest BCUT2D eigenvalue weighted by Gasteiger charge is 2.54. The van der Waals surface area contributed by atoms with Crippen LogP contribution in [0, 0.1) is 23.2 Å². The number of rotatable bonds is 6. The summed E-state index contributed by atoms with van der Waals surface area (Å²) in [5.41, 5.74) is 5.01. The van der Waals surface area contributed by atoms with Gasteiger partial charge in [0, 0.05) is 5.41 Å². The molecule has 23 heavy (non-hydrogen) atoms. The number of amides is 2. The SMILES string of the molecule is CCOC(=O)C[C@H](NC(=O)C12CC3CC(CC(C3)C1)C2)C(N)=O. The van der Waals surface area contributed by atoms with Crippen molar-refractivity contribution in [1.82, 2.24) is 5.32 Å². The number of nitrogens with two attached hydrogens (primary N) is 1. The Hall–Kier alpha value is -1.59. The van der Waals surface area contributed by atoms with Crippen LogP contribution in [0.3, 0.4) is 0 Å². The van der Waals surface area contributed by atoms with Gasteiger partial charge in [0.2, 0.25) is 11.8 Å². The third kappa shape index (κ3) is 3.21. The first-order chi connectivity index (χ1) is 10.9. The second kappa shape index (κ2) is 6.13. The molecule has 0 aromatic rings. The molecule has 2 amide bonds. The lowest BCUT2D eigenvalue weighted by molar-refractivity contribution is -0.150. The van der Waals surface area contributed by atoms with Crippen LogP contribution in [0.5, 0.6) is 0 Å². The summed E-state index contributed by atoms with van der Waals surface area (Å²) in [6, 6.07) is -0.977. The molecule has 3 N–H and O–H groups in total. The molecule has 6 heteroatoms. The van der Waals surface area contributed by atoms with Gasteiger partial charge in [-0.3, -0.25) is 14.4 Å². The van der Waals surface area contributed by atoms with Crippen LogP contribution in [0.25, 0.3) is 0 Å². The standard InChI is InChI=1S/C17H26N2O4/c1-2-23-14(20)6-13(15(18)21)19-16(22)17-7-10-3-11(8-17)5-12(4-10)9-17/h10-13H,2-9H2,1H3,(H2,18,21)(H,19,22)/t10?,11?,12?,13-,17?/m0/s1. The van der Waals surface area contributed by atoms with E-state index in [9.17, 15) is 14.4 Å². The number of nitrogens with one attached hydrogen (secondary N) is 1. The fraction of sp³-hybridized carbons (Fsp3) is 0.824. The zero-order valence-corrected chi connectivity index (χ0v) is 13.7. The first-order valence-corrected chi connectivity index (χ1v) is 8.68. The third-order valence-electron chi connectivity index (χ3n) is 5.84. The molecule has 0 aliphatic heterocycles. The second-order valence-corrected chi connectivity index (χ2v) is 7.64. The largest absolute Gasteiger partial charge is 0.466 e. The van der Waals surface area contributed by atoms with Gasteiger partial charge in [-0.25, -0.2) is 0 Å². The second-order valence-electron chi connectivity index (χ2n) is 7.64. The normalized spacial score (nSPS) is 35.6. The Balaban J connectivity index is 1.67. The molecule has 0 radical (unpaired) electrons. The number of esters is 1. The van der Waals surface area contributed by atoms with Crippen LogP contribution in [0.4, 0.5) is 0 Å². The van der Waals surface area contributed by atoms with Gasteiger partial charge in [-0.1, -0.05) is 0 Å². The molecule has 4 bridgehead atoms. The van der Waals surface area contributed by atoms with Gasteiger partial charge >= 0.3 is 5.97 Å². The van der Waals surface area contributed by atoms with Gasteiger partial charge < -0.3 is 15.8 Å². The summed E-state index contributed by atoms with van der Waals surface area (Å²) in [4.78, 5) is 36.1. The van der Waals surface area contributed by atoms with Crippen LogP contribution in [-0.2, 0) is 19.1 Å². The predicted octanol–water partition coefficient (Wildman–Crippen LogP) is 1.13. The molecule has 0 unspecified atom stereocenters. The van der Waals surface area contributed by atoms with Crippen LogP contribution in [0.2, 0.25) is 0 Å².